The van der Waals surface area contributed by atoms with Crippen LogP contribution >= 0.6 is 0 Å². The maximum absolute atomic E-state index is 11.7. The van der Waals surface area contributed by atoms with Gasteiger partial charge in [-0.3, -0.25) is 14.9 Å². The molecule has 1 amide bonds. The molecule has 7 heteroatoms. The van der Waals surface area contributed by atoms with E-state index in [1.165, 1.54) is 22.8 Å². The highest BCUT2D eigenvalue weighted by molar-refractivity contribution is 5.82. The van der Waals surface area contributed by atoms with Crippen LogP contribution in [0.25, 0.3) is 0 Å². The van der Waals surface area contributed by atoms with Gasteiger partial charge in [0.1, 0.15) is 5.69 Å². The van der Waals surface area contributed by atoms with Crippen molar-refractivity contribution in [1.29, 1.82) is 0 Å². The summed E-state index contributed by atoms with van der Waals surface area (Å²) in [4.78, 5) is 25.2. The van der Waals surface area contributed by atoms with Crippen molar-refractivity contribution in [1.82, 2.24) is 4.90 Å². The first-order valence-corrected chi connectivity index (χ1v) is 6.11. The Hall–Kier alpha value is -2.15. The molecule has 1 rings (SSSR count). The van der Waals surface area contributed by atoms with Gasteiger partial charge in [0.25, 0.3) is 5.69 Å². The summed E-state index contributed by atoms with van der Waals surface area (Å²) in [6.07, 6.45) is -0.781. The molecule has 0 bridgehead atoms. The van der Waals surface area contributed by atoms with E-state index in [0.717, 1.165) is 0 Å². The van der Waals surface area contributed by atoms with Crippen molar-refractivity contribution in [2.45, 2.75) is 13.0 Å². The van der Waals surface area contributed by atoms with E-state index in [2.05, 4.69) is 0 Å². The Morgan fingerprint density at radius 3 is 2.45 bits per heavy atom. The number of hydrogen-bond acceptors (Lipinski definition) is 5. The monoisotopic (exact) mass is 281 g/mol. The topological polar surface area (TPSA) is 86.9 Å². The van der Waals surface area contributed by atoms with Crippen LogP contribution in [-0.4, -0.2) is 48.5 Å². The lowest BCUT2D eigenvalue weighted by atomic mass is 10.1. The van der Waals surface area contributed by atoms with Gasteiger partial charge in [-0.1, -0.05) is 6.07 Å². The molecular formula is C13H19N3O4. The van der Waals surface area contributed by atoms with Crippen LogP contribution in [0.15, 0.2) is 18.2 Å². The van der Waals surface area contributed by atoms with E-state index in [1.807, 2.05) is 0 Å². The molecule has 20 heavy (non-hydrogen) atoms. The number of aliphatic hydroxyl groups is 1. The number of nitro groups is 1. The Labute approximate surface area is 117 Å². The zero-order chi connectivity index (χ0) is 15.4. The maximum Gasteiger partial charge on any atom is 0.292 e. The van der Waals surface area contributed by atoms with Gasteiger partial charge in [0.15, 0.2) is 0 Å². The van der Waals surface area contributed by atoms with Crippen LogP contribution in [0.5, 0.6) is 0 Å². The van der Waals surface area contributed by atoms with Gasteiger partial charge >= 0.3 is 0 Å². The molecule has 1 aromatic carbocycles. The van der Waals surface area contributed by atoms with Gasteiger partial charge in [0, 0.05) is 27.2 Å². The quantitative estimate of drug-likeness (QED) is 0.646. The summed E-state index contributed by atoms with van der Waals surface area (Å²) in [6, 6.07) is 4.49. The van der Waals surface area contributed by atoms with Crippen molar-refractivity contribution < 1.29 is 14.8 Å². The fourth-order valence-electron chi connectivity index (χ4n) is 1.70. The Morgan fingerprint density at radius 2 is 2.00 bits per heavy atom. The third-order valence-electron chi connectivity index (χ3n) is 2.96. The van der Waals surface area contributed by atoms with Gasteiger partial charge in [0.05, 0.1) is 17.6 Å². The summed E-state index contributed by atoms with van der Waals surface area (Å²) in [7, 11) is 4.87. The molecule has 0 saturated carbocycles. The SMILES string of the molecule is C[C@@H](O)c1ccc(N(C)CC(=O)N(C)C)c([N+](=O)[O-])c1. The van der Waals surface area contributed by atoms with Crippen molar-refractivity contribution in [2.24, 2.45) is 0 Å². The standard InChI is InChI=1S/C13H19N3O4/c1-9(17)10-5-6-11(12(7-10)16(19)20)15(4)8-13(18)14(2)3/h5-7,9,17H,8H2,1-4H3/t9-/m1/s1. The van der Waals surface area contributed by atoms with E-state index in [9.17, 15) is 20.0 Å². The lowest BCUT2D eigenvalue weighted by Crippen LogP contribution is -2.34. The molecule has 0 unspecified atom stereocenters. The molecule has 0 aliphatic carbocycles. The first-order valence-electron chi connectivity index (χ1n) is 6.11. The minimum atomic E-state index is -0.781. The zero-order valence-electron chi connectivity index (χ0n) is 12.0. The second-order valence-corrected chi connectivity index (χ2v) is 4.83. The molecule has 1 N–H and O–H groups in total. The highest BCUT2D eigenvalue weighted by atomic mass is 16.6. The summed E-state index contributed by atoms with van der Waals surface area (Å²) in [5, 5.41) is 20.6. The lowest BCUT2D eigenvalue weighted by molar-refractivity contribution is -0.384. The summed E-state index contributed by atoms with van der Waals surface area (Å²) < 4.78 is 0. The smallest absolute Gasteiger partial charge is 0.292 e. The van der Waals surface area contributed by atoms with Crippen LogP contribution < -0.4 is 4.90 Å². The highest BCUT2D eigenvalue weighted by Crippen LogP contribution is 2.30. The zero-order valence-corrected chi connectivity index (χ0v) is 12.0. The molecule has 0 aliphatic heterocycles. The number of likely N-dealkylation sites (N-methyl/N-ethyl adjacent to an activating group) is 2. The van der Waals surface area contributed by atoms with E-state index < -0.39 is 11.0 Å². The summed E-state index contributed by atoms with van der Waals surface area (Å²) in [5.74, 6) is -0.151. The van der Waals surface area contributed by atoms with Crippen LogP contribution in [0.2, 0.25) is 0 Å². The number of carbonyl (C=O) groups excluding carboxylic acids is 1. The van der Waals surface area contributed by atoms with E-state index in [1.54, 1.807) is 33.3 Å². The Balaban J connectivity index is 3.11. The van der Waals surface area contributed by atoms with Crippen molar-refractivity contribution in [3.05, 3.63) is 33.9 Å². The second kappa shape index (κ2) is 6.33. The third kappa shape index (κ3) is 3.67. The van der Waals surface area contributed by atoms with Gasteiger partial charge < -0.3 is 14.9 Å². The number of benzene rings is 1. The molecule has 0 radical (unpaired) electrons. The normalized spacial score (nSPS) is 11.8. The number of anilines is 1. The van der Waals surface area contributed by atoms with Crippen molar-refractivity contribution >= 4 is 17.3 Å². The number of amides is 1. The molecule has 7 nitrogen and oxygen atoms in total. The fraction of sp³-hybridized carbons (Fsp3) is 0.462. The van der Waals surface area contributed by atoms with E-state index in [4.69, 9.17) is 0 Å². The number of carbonyl (C=O) groups is 1. The minimum Gasteiger partial charge on any atom is -0.389 e. The van der Waals surface area contributed by atoms with Crippen LogP contribution in [0.3, 0.4) is 0 Å². The average molecular weight is 281 g/mol. The first kappa shape index (κ1) is 15.9. The Bertz CT molecular complexity index is 514. The van der Waals surface area contributed by atoms with Crippen molar-refractivity contribution in [3.8, 4) is 0 Å². The van der Waals surface area contributed by atoms with Gasteiger partial charge in [-0.2, -0.15) is 0 Å². The predicted molar refractivity (Wildman–Crippen MR) is 75.7 cm³/mol. The second-order valence-electron chi connectivity index (χ2n) is 4.83. The van der Waals surface area contributed by atoms with Crippen LogP contribution in [0.1, 0.15) is 18.6 Å². The molecular weight excluding hydrogens is 262 g/mol. The molecule has 0 aliphatic rings. The number of nitrogens with zero attached hydrogens (tertiary/aromatic N) is 3. The molecule has 1 aromatic rings. The minimum absolute atomic E-state index is 0.0435. The van der Waals surface area contributed by atoms with E-state index in [0.29, 0.717) is 11.3 Å². The summed E-state index contributed by atoms with van der Waals surface area (Å²) in [6.45, 7) is 1.58. The molecule has 0 saturated heterocycles. The molecule has 0 spiro atoms. The summed E-state index contributed by atoms with van der Waals surface area (Å²) >= 11 is 0. The Morgan fingerprint density at radius 1 is 1.40 bits per heavy atom. The lowest BCUT2D eigenvalue weighted by Gasteiger charge is -2.21. The van der Waals surface area contributed by atoms with Gasteiger partial charge in [0.2, 0.25) is 5.91 Å². The van der Waals surface area contributed by atoms with Crippen molar-refractivity contribution in [2.75, 3.05) is 32.6 Å². The van der Waals surface area contributed by atoms with Crippen LogP contribution in [0, 0.1) is 10.1 Å². The number of nitro benzene ring substituents is 1. The van der Waals surface area contributed by atoms with E-state index >= 15 is 0 Å². The van der Waals surface area contributed by atoms with E-state index in [-0.39, 0.29) is 18.1 Å². The van der Waals surface area contributed by atoms with Gasteiger partial charge in [-0.05, 0) is 18.6 Å². The number of aliphatic hydroxyl groups excluding tert-OH is 1. The molecule has 1 atom stereocenters. The molecule has 0 fully saturated rings. The molecule has 110 valence electrons. The number of rotatable bonds is 5. The highest BCUT2D eigenvalue weighted by Gasteiger charge is 2.20. The average Bonchev–Trinajstić information content (AvgIpc) is 2.37. The predicted octanol–water partition coefficient (Wildman–Crippen LogP) is 1.17. The van der Waals surface area contributed by atoms with Crippen molar-refractivity contribution in [3.63, 3.8) is 0 Å². The van der Waals surface area contributed by atoms with Gasteiger partial charge in [-0.15, -0.1) is 0 Å². The molecule has 0 aromatic heterocycles. The third-order valence-corrected chi connectivity index (χ3v) is 2.96. The maximum atomic E-state index is 11.7. The first-order chi connectivity index (χ1) is 9.23. The fourth-order valence-corrected chi connectivity index (χ4v) is 1.70. The van der Waals surface area contributed by atoms with Crippen LogP contribution in [-0.2, 0) is 4.79 Å². The molecule has 0 heterocycles. The van der Waals surface area contributed by atoms with Gasteiger partial charge in [-0.25, -0.2) is 0 Å². The summed E-state index contributed by atoms with van der Waals surface area (Å²) in [5.41, 5.74) is 0.680. The largest absolute Gasteiger partial charge is 0.389 e. The van der Waals surface area contributed by atoms with Crippen LogP contribution in [0.4, 0.5) is 11.4 Å². The number of hydrogen-bond donors (Lipinski definition) is 1. The Kier molecular flexibility index (Phi) is 5.04.